The summed E-state index contributed by atoms with van der Waals surface area (Å²) < 4.78 is 38.6. The minimum atomic E-state index is -4.19. The SMILES string of the molecule is C=C(Nc1cc2cn(CCCC(F)(F)F)nc2cc1C=O)c1cccc(C(C)(C)C)n1. The van der Waals surface area contributed by atoms with Crippen molar-refractivity contribution in [3.63, 3.8) is 0 Å². The van der Waals surface area contributed by atoms with Gasteiger partial charge in [0.1, 0.15) is 0 Å². The highest BCUT2D eigenvalue weighted by molar-refractivity contribution is 5.96. The molecule has 1 N–H and O–H groups in total. The Bertz CT molecular complexity index is 1110. The third kappa shape index (κ3) is 5.71. The molecule has 0 spiro atoms. The Morgan fingerprint density at radius 3 is 2.61 bits per heavy atom. The topological polar surface area (TPSA) is 59.8 Å². The standard InChI is InChI=1S/C23H25F3N4O/c1-15(18-7-5-8-21(28-18)22(2,3)4)27-19-11-16-13-30(10-6-9-23(24,25)26)29-20(16)12-17(19)14-31/h5,7-8,11-14,27H,1,6,9-10H2,2-4H3. The highest BCUT2D eigenvalue weighted by Gasteiger charge is 2.26. The van der Waals surface area contributed by atoms with E-state index in [1.54, 1.807) is 18.3 Å². The Labute approximate surface area is 179 Å². The molecule has 0 saturated heterocycles. The number of nitrogens with one attached hydrogen (secondary N) is 1. The lowest BCUT2D eigenvalue weighted by atomic mass is 9.91. The zero-order valence-corrected chi connectivity index (χ0v) is 17.8. The molecule has 0 unspecified atom stereocenters. The molecular formula is C23H25F3N4O. The fourth-order valence-corrected chi connectivity index (χ4v) is 3.15. The zero-order chi connectivity index (χ0) is 22.8. The first-order valence-corrected chi connectivity index (χ1v) is 9.93. The fourth-order valence-electron chi connectivity index (χ4n) is 3.15. The monoisotopic (exact) mass is 430 g/mol. The molecule has 0 saturated carbocycles. The van der Waals surface area contributed by atoms with Gasteiger partial charge in [-0.2, -0.15) is 18.3 Å². The Hall–Kier alpha value is -3.16. The normalized spacial score (nSPS) is 12.2. The van der Waals surface area contributed by atoms with Crippen LogP contribution in [0.3, 0.4) is 0 Å². The molecule has 2 aromatic heterocycles. The minimum absolute atomic E-state index is 0.0598. The molecule has 31 heavy (non-hydrogen) atoms. The van der Waals surface area contributed by atoms with Gasteiger partial charge in [0.25, 0.3) is 0 Å². The summed E-state index contributed by atoms with van der Waals surface area (Å²) in [6, 6.07) is 9.04. The number of pyridine rings is 1. The number of anilines is 1. The first kappa shape index (κ1) is 22.5. The van der Waals surface area contributed by atoms with Gasteiger partial charge in [-0.1, -0.05) is 33.4 Å². The van der Waals surface area contributed by atoms with Gasteiger partial charge in [0.15, 0.2) is 6.29 Å². The molecule has 3 rings (SSSR count). The van der Waals surface area contributed by atoms with Crippen LogP contribution in [-0.2, 0) is 12.0 Å². The van der Waals surface area contributed by atoms with Gasteiger partial charge in [0.2, 0.25) is 0 Å². The molecule has 0 bridgehead atoms. The Kier molecular flexibility index (Phi) is 6.20. The number of halogens is 3. The minimum Gasteiger partial charge on any atom is -0.354 e. The van der Waals surface area contributed by atoms with E-state index < -0.39 is 12.6 Å². The average Bonchev–Trinajstić information content (AvgIpc) is 3.07. The summed E-state index contributed by atoms with van der Waals surface area (Å²) in [4.78, 5) is 16.3. The van der Waals surface area contributed by atoms with Crippen LogP contribution >= 0.6 is 0 Å². The number of fused-ring (bicyclic) bond motifs is 1. The third-order valence-electron chi connectivity index (χ3n) is 4.81. The van der Waals surface area contributed by atoms with Crippen molar-refractivity contribution in [2.24, 2.45) is 0 Å². The lowest BCUT2D eigenvalue weighted by molar-refractivity contribution is -0.136. The maximum absolute atomic E-state index is 12.4. The molecule has 0 radical (unpaired) electrons. The lowest BCUT2D eigenvalue weighted by Crippen LogP contribution is -2.14. The highest BCUT2D eigenvalue weighted by Crippen LogP contribution is 2.27. The lowest BCUT2D eigenvalue weighted by Gasteiger charge is -2.19. The number of alkyl halides is 3. The van der Waals surface area contributed by atoms with Crippen molar-refractivity contribution in [2.45, 2.75) is 51.7 Å². The van der Waals surface area contributed by atoms with E-state index in [1.165, 1.54) is 4.68 Å². The molecule has 0 aliphatic rings. The quantitative estimate of drug-likeness (QED) is 0.470. The number of hydrogen-bond acceptors (Lipinski definition) is 4. The van der Waals surface area contributed by atoms with Gasteiger partial charge in [0.05, 0.1) is 16.9 Å². The number of aryl methyl sites for hydroxylation is 1. The maximum atomic E-state index is 12.4. The largest absolute Gasteiger partial charge is 0.389 e. The van der Waals surface area contributed by atoms with Crippen LogP contribution in [0.1, 0.15) is 55.4 Å². The molecule has 1 aromatic carbocycles. The van der Waals surface area contributed by atoms with Crippen molar-refractivity contribution in [3.8, 4) is 0 Å². The molecule has 0 aliphatic heterocycles. The van der Waals surface area contributed by atoms with Crippen molar-refractivity contribution in [1.82, 2.24) is 14.8 Å². The van der Waals surface area contributed by atoms with Crippen LogP contribution in [0.25, 0.3) is 16.6 Å². The van der Waals surface area contributed by atoms with E-state index >= 15 is 0 Å². The van der Waals surface area contributed by atoms with Gasteiger partial charge in [-0.3, -0.25) is 14.5 Å². The summed E-state index contributed by atoms with van der Waals surface area (Å²) in [6.45, 7) is 10.4. The smallest absolute Gasteiger partial charge is 0.354 e. The Morgan fingerprint density at radius 2 is 1.97 bits per heavy atom. The number of hydrogen-bond donors (Lipinski definition) is 1. The van der Waals surface area contributed by atoms with Crippen LogP contribution in [0.15, 0.2) is 43.1 Å². The Morgan fingerprint density at radius 1 is 1.23 bits per heavy atom. The number of carbonyl (C=O) groups is 1. The van der Waals surface area contributed by atoms with Gasteiger partial charge >= 0.3 is 6.18 Å². The van der Waals surface area contributed by atoms with Crippen molar-refractivity contribution >= 4 is 28.6 Å². The number of aldehydes is 1. The molecule has 0 amide bonds. The first-order valence-electron chi connectivity index (χ1n) is 9.93. The van der Waals surface area contributed by atoms with Gasteiger partial charge in [-0.05, 0) is 30.7 Å². The predicted molar refractivity (Wildman–Crippen MR) is 116 cm³/mol. The second-order valence-corrected chi connectivity index (χ2v) is 8.49. The van der Waals surface area contributed by atoms with Crippen molar-refractivity contribution in [1.29, 1.82) is 0 Å². The Balaban J connectivity index is 1.83. The van der Waals surface area contributed by atoms with Crippen LogP contribution in [0.5, 0.6) is 0 Å². The summed E-state index contributed by atoms with van der Waals surface area (Å²) in [7, 11) is 0. The predicted octanol–water partition coefficient (Wildman–Crippen LogP) is 5.97. The maximum Gasteiger partial charge on any atom is 0.389 e. The van der Waals surface area contributed by atoms with Crippen LogP contribution < -0.4 is 5.32 Å². The molecule has 0 atom stereocenters. The number of benzene rings is 1. The van der Waals surface area contributed by atoms with Crippen LogP contribution in [-0.4, -0.2) is 27.2 Å². The summed E-state index contributed by atoms with van der Waals surface area (Å²) in [5, 5.41) is 8.15. The molecule has 8 heteroatoms. The van der Waals surface area contributed by atoms with Crippen LogP contribution in [0, 0.1) is 0 Å². The van der Waals surface area contributed by atoms with E-state index in [0.717, 1.165) is 5.69 Å². The van der Waals surface area contributed by atoms with Gasteiger partial charge in [-0.15, -0.1) is 0 Å². The fraction of sp³-hybridized carbons (Fsp3) is 0.348. The highest BCUT2D eigenvalue weighted by atomic mass is 19.4. The van der Waals surface area contributed by atoms with Crippen LogP contribution in [0.2, 0.25) is 0 Å². The molecule has 5 nitrogen and oxygen atoms in total. The van der Waals surface area contributed by atoms with Gasteiger partial charge in [-0.25, -0.2) is 0 Å². The summed E-state index contributed by atoms with van der Waals surface area (Å²) in [5.41, 5.74) is 3.44. The number of aromatic nitrogens is 3. The number of carbonyl (C=O) groups excluding carboxylic acids is 1. The second kappa shape index (κ2) is 8.53. The third-order valence-corrected chi connectivity index (χ3v) is 4.81. The van der Waals surface area contributed by atoms with E-state index in [1.807, 2.05) is 18.2 Å². The molecular weight excluding hydrogens is 405 g/mol. The van der Waals surface area contributed by atoms with E-state index in [0.29, 0.717) is 39.8 Å². The zero-order valence-electron chi connectivity index (χ0n) is 17.8. The van der Waals surface area contributed by atoms with Crippen LogP contribution in [0.4, 0.5) is 18.9 Å². The van der Waals surface area contributed by atoms with Crippen molar-refractivity contribution < 1.29 is 18.0 Å². The molecule has 2 heterocycles. The summed E-state index contributed by atoms with van der Waals surface area (Å²) in [5.74, 6) is 0. The number of rotatable bonds is 7. The second-order valence-electron chi connectivity index (χ2n) is 8.49. The van der Waals surface area contributed by atoms with E-state index in [9.17, 15) is 18.0 Å². The van der Waals surface area contributed by atoms with Crippen molar-refractivity contribution in [3.05, 3.63) is 60.1 Å². The van der Waals surface area contributed by atoms with E-state index in [2.05, 4.69) is 42.7 Å². The van der Waals surface area contributed by atoms with Gasteiger partial charge < -0.3 is 5.32 Å². The van der Waals surface area contributed by atoms with E-state index in [4.69, 9.17) is 0 Å². The molecule has 164 valence electrons. The van der Waals surface area contributed by atoms with Crippen molar-refractivity contribution in [2.75, 3.05) is 5.32 Å². The molecule has 0 aliphatic carbocycles. The number of nitrogens with zero attached hydrogens (tertiary/aromatic N) is 3. The molecule has 3 aromatic rings. The summed E-state index contributed by atoms with van der Waals surface area (Å²) >= 11 is 0. The van der Waals surface area contributed by atoms with Gasteiger partial charge in [0, 0.05) is 46.9 Å². The average molecular weight is 430 g/mol. The first-order chi connectivity index (χ1) is 14.5. The summed E-state index contributed by atoms with van der Waals surface area (Å²) in [6.07, 6.45) is -2.73. The van der Waals surface area contributed by atoms with E-state index in [-0.39, 0.29) is 18.4 Å². The molecule has 0 fully saturated rings.